The van der Waals surface area contributed by atoms with Gasteiger partial charge in [-0.05, 0) is 12.1 Å². The molecular weight excluding hydrogens is 202 g/mol. The van der Waals surface area contributed by atoms with Gasteiger partial charge in [0.2, 0.25) is 5.91 Å². The number of anilines is 1. The number of nitrogens with two attached hydrogens (primary N) is 1. The lowest BCUT2D eigenvalue weighted by molar-refractivity contribution is -0.118. The van der Waals surface area contributed by atoms with Gasteiger partial charge in [-0.25, -0.2) is 8.78 Å². The van der Waals surface area contributed by atoms with Crippen LogP contribution in [0.2, 0.25) is 0 Å². The van der Waals surface area contributed by atoms with E-state index in [0.29, 0.717) is 0 Å². The molecule has 0 unspecified atom stereocenters. The van der Waals surface area contributed by atoms with Gasteiger partial charge < -0.3 is 10.6 Å². The fourth-order valence-electron chi connectivity index (χ4n) is 1.23. The Morgan fingerprint density at radius 2 is 1.93 bits per heavy atom. The highest BCUT2D eigenvalue weighted by Crippen LogP contribution is 2.22. The summed E-state index contributed by atoms with van der Waals surface area (Å²) in [4.78, 5) is 12.3. The van der Waals surface area contributed by atoms with Crippen LogP contribution in [0.4, 0.5) is 14.5 Å². The first kappa shape index (κ1) is 11.6. The lowest BCUT2D eigenvalue weighted by Crippen LogP contribution is -2.29. The normalized spacial score (nSPS) is 10.1. The van der Waals surface area contributed by atoms with Crippen molar-refractivity contribution in [3.05, 3.63) is 29.8 Å². The van der Waals surface area contributed by atoms with Crippen molar-refractivity contribution >= 4 is 11.6 Å². The monoisotopic (exact) mass is 214 g/mol. The van der Waals surface area contributed by atoms with Crippen LogP contribution in [0.15, 0.2) is 18.2 Å². The van der Waals surface area contributed by atoms with Gasteiger partial charge in [-0.15, -0.1) is 0 Å². The van der Waals surface area contributed by atoms with Crippen LogP contribution in [0, 0.1) is 11.6 Å². The number of para-hydroxylation sites is 1. The van der Waals surface area contributed by atoms with E-state index in [1.165, 1.54) is 13.1 Å². The number of halogens is 2. The van der Waals surface area contributed by atoms with Crippen molar-refractivity contribution in [2.45, 2.75) is 6.42 Å². The number of hydrogen-bond donors (Lipinski definition) is 1. The Balaban J connectivity index is 3.00. The summed E-state index contributed by atoms with van der Waals surface area (Å²) in [7, 11) is 1.32. The molecule has 3 nitrogen and oxygen atoms in total. The van der Waals surface area contributed by atoms with Gasteiger partial charge in [0.25, 0.3) is 0 Å². The largest absolute Gasteiger partial charge is 0.330 e. The molecule has 0 fully saturated rings. The molecule has 1 rings (SSSR count). The first-order valence-electron chi connectivity index (χ1n) is 4.48. The summed E-state index contributed by atoms with van der Waals surface area (Å²) in [6.45, 7) is 0.152. The van der Waals surface area contributed by atoms with Gasteiger partial charge in [0, 0.05) is 20.0 Å². The maximum atomic E-state index is 13.2. The Bertz CT molecular complexity index is 348. The molecule has 0 heterocycles. The SMILES string of the molecule is CN(C(=O)CCN)c1c(F)cccc1F. The van der Waals surface area contributed by atoms with E-state index >= 15 is 0 Å². The molecule has 0 aliphatic heterocycles. The van der Waals surface area contributed by atoms with E-state index in [2.05, 4.69) is 0 Å². The lowest BCUT2D eigenvalue weighted by Gasteiger charge is -2.18. The molecule has 0 aliphatic rings. The molecule has 0 atom stereocenters. The molecule has 0 aromatic heterocycles. The van der Waals surface area contributed by atoms with Crippen LogP contribution >= 0.6 is 0 Å². The number of nitrogens with zero attached hydrogens (tertiary/aromatic N) is 1. The Labute approximate surface area is 86.5 Å². The van der Waals surface area contributed by atoms with Gasteiger partial charge in [0.05, 0.1) is 0 Å². The molecule has 82 valence electrons. The standard InChI is InChI=1S/C10H12F2N2O/c1-14(9(15)5-6-13)10-7(11)3-2-4-8(10)12/h2-4H,5-6,13H2,1H3. The van der Waals surface area contributed by atoms with Gasteiger partial charge in [-0.3, -0.25) is 4.79 Å². The van der Waals surface area contributed by atoms with Gasteiger partial charge in [-0.1, -0.05) is 6.07 Å². The van der Waals surface area contributed by atoms with Gasteiger partial charge >= 0.3 is 0 Å². The zero-order valence-electron chi connectivity index (χ0n) is 8.34. The van der Waals surface area contributed by atoms with Crippen LogP contribution in [-0.4, -0.2) is 19.5 Å². The predicted molar refractivity (Wildman–Crippen MR) is 53.4 cm³/mol. The summed E-state index contributed by atoms with van der Waals surface area (Å²) in [6.07, 6.45) is 0.0598. The van der Waals surface area contributed by atoms with E-state index in [0.717, 1.165) is 17.0 Å². The maximum Gasteiger partial charge on any atom is 0.228 e. The number of carbonyl (C=O) groups is 1. The van der Waals surface area contributed by atoms with E-state index in [-0.39, 0.29) is 18.7 Å². The summed E-state index contributed by atoms with van der Waals surface area (Å²) in [6, 6.07) is 3.45. The highest BCUT2D eigenvalue weighted by atomic mass is 19.1. The van der Waals surface area contributed by atoms with E-state index < -0.39 is 17.5 Å². The van der Waals surface area contributed by atoms with Gasteiger partial charge in [-0.2, -0.15) is 0 Å². The zero-order valence-corrected chi connectivity index (χ0v) is 8.34. The minimum atomic E-state index is -0.761. The molecule has 1 aromatic carbocycles. The number of hydrogen-bond acceptors (Lipinski definition) is 2. The van der Waals surface area contributed by atoms with Crippen LogP contribution in [-0.2, 0) is 4.79 Å². The average Bonchev–Trinajstić information content (AvgIpc) is 2.17. The molecule has 0 bridgehead atoms. The quantitative estimate of drug-likeness (QED) is 0.823. The van der Waals surface area contributed by atoms with Crippen molar-refractivity contribution in [2.24, 2.45) is 5.73 Å². The van der Waals surface area contributed by atoms with E-state index in [9.17, 15) is 13.6 Å². The number of amides is 1. The smallest absolute Gasteiger partial charge is 0.228 e. The second-order valence-electron chi connectivity index (χ2n) is 3.06. The van der Waals surface area contributed by atoms with Crippen LogP contribution in [0.5, 0.6) is 0 Å². The van der Waals surface area contributed by atoms with Crippen LogP contribution in [0.3, 0.4) is 0 Å². The lowest BCUT2D eigenvalue weighted by atomic mass is 10.2. The topological polar surface area (TPSA) is 46.3 Å². The zero-order chi connectivity index (χ0) is 11.4. The van der Waals surface area contributed by atoms with Crippen LogP contribution in [0.1, 0.15) is 6.42 Å². The third kappa shape index (κ3) is 2.50. The van der Waals surface area contributed by atoms with Crippen molar-refractivity contribution in [3.63, 3.8) is 0 Å². The van der Waals surface area contributed by atoms with Crippen molar-refractivity contribution in [1.29, 1.82) is 0 Å². The predicted octanol–water partition coefficient (Wildman–Crippen LogP) is 1.28. The minimum absolute atomic E-state index is 0.0598. The minimum Gasteiger partial charge on any atom is -0.330 e. The third-order valence-electron chi connectivity index (χ3n) is 2.01. The Morgan fingerprint density at radius 1 is 1.40 bits per heavy atom. The fourth-order valence-corrected chi connectivity index (χ4v) is 1.23. The first-order valence-corrected chi connectivity index (χ1v) is 4.48. The molecule has 1 aromatic rings. The molecule has 15 heavy (non-hydrogen) atoms. The van der Waals surface area contributed by atoms with E-state index in [1.54, 1.807) is 0 Å². The van der Waals surface area contributed by atoms with Gasteiger partial charge in [0.15, 0.2) is 0 Å². The first-order chi connectivity index (χ1) is 7.07. The molecule has 0 saturated heterocycles. The molecule has 0 saturated carbocycles. The molecule has 0 aliphatic carbocycles. The number of rotatable bonds is 3. The van der Waals surface area contributed by atoms with Crippen molar-refractivity contribution in [3.8, 4) is 0 Å². The number of carbonyl (C=O) groups excluding carboxylic acids is 1. The van der Waals surface area contributed by atoms with Crippen LogP contribution in [0.25, 0.3) is 0 Å². The maximum absolute atomic E-state index is 13.2. The molecule has 0 radical (unpaired) electrons. The Hall–Kier alpha value is -1.49. The second-order valence-corrected chi connectivity index (χ2v) is 3.06. The fraction of sp³-hybridized carbons (Fsp3) is 0.300. The molecule has 0 spiro atoms. The molecule has 2 N–H and O–H groups in total. The van der Waals surface area contributed by atoms with E-state index in [1.807, 2.05) is 0 Å². The number of benzene rings is 1. The Morgan fingerprint density at radius 3 is 2.40 bits per heavy atom. The molecule has 5 heteroatoms. The highest BCUT2D eigenvalue weighted by molar-refractivity contribution is 5.93. The second kappa shape index (κ2) is 4.84. The average molecular weight is 214 g/mol. The summed E-state index contributed by atoms with van der Waals surface area (Å²) in [5, 5.41) is 0. The van der Waals surface area contributed by atoms with Gasteiger partial charge in [0.1, 0.15) is 17.3 Å². The highest BCUT2D eigenvalue weighted by Gasteiger charge is 2.17. The van der Waals surface area contributed by atoms with Crippen LogP contribution < -0.4 is 10.6 Å². The Kier molecular flexibility index (Phi) is 3.74. The van der Waals surface area contributed by atoms with Crippen molar-refractivity contribution in [2.75, 3.05) is 18.5 Å². The summed E-state index contributed by atoms with van der Waals surface area (Å²) < 4.78 is 26.5. The van der Waals surface area contributed by atoms with Crippen molar-refractivity contribution < 1.29 is 13.6 Å². The van der Waals surface area contributed by atoms with E-state index in [4.69, 9.17) is 5.73 Å². The van der Waals surface area contributed by atoms with Crippen molar-refractivity contribution in [1.82, 2.24) is 0 Å². The molecular formula is C10H12F2N2O. The summed E-state index contributed by atoms with van der Waals surface area (Å²) in [5.74, 6) is -1.94. The molecule has 1 amide bonds. The summed E-state index contributed by atoms with van der Waals surface area (Å²) in [5.41, 5.74) is 4.85. The third-order valence-corrected chi connectivity index (χ3v) is 2.01. The summed E-state index contributed by atoms with van der Waals surface area (Å²) >= 11 is 0.